The average molecular weight is 485 g/mol. The number of nitrogens with zero attached hydrogens (tertiary/aromatic N) is 1. The normalized spacial score (nSPS) is 12.4. The van der Waals surface area contributed by atoms with Crippen LogP contribution in [0.5, 0.6) is 0 Å². The summed E-state index contributed by atoms with van der Waals surface area (Å²) in [4.78, 5) is 17.2. The number of alkyl halides is 2. The lowest BCUT2D eigenvalue weighted by Gasteiger charge is -2.08. The Hall–Kier alpha value is -0.510. The number of aromatic nitrogens is 1. The van der Waals surface area contributed by atoms with E-state index < -0.39 is 12.7 Å². The fourth-order valence-corrected chi connectivity index (χ4v) is 3.83. The van der Waals surface area contributed by atoms with Crippen LogP contribution in [0.1, 0.15) is 19.1 Å². The van der Waals surface area contributed by atoms with Gasteiger partial charge in [-0.2, -0.15) is 0 Å². The van der Waals surface area contributed by atoms with Crippen LogP contribution in [-0.2, 0) is 0 Å². The maximum atomic E-state index is 12.3. The number of rotatable bonds is 6. The molecule has 3 N–H and O–H groups in total. The average Bonchev–Trinajstić information content (AvgIpc) is 2.98. The first-order valence-electron chi connectivity index (χ1n) is 6.54. The molecule has 2 aromatic rings. The molecule has 0 aliphatic heterocycles. The van der Waals surface area contributed by atoms with Crippen LogP contribution in [-0.4, -0.2) is 40.4 Å². The molecule has 23 heavy (non-hydrogen) atoms. The summed E-state index contributed by atoms with van der Waals surface area (Å²) in [5.41, 5.74) is 1.41. The van der Waals surface area contributed by atoms with E-state index in [9.17, 15) is 9.90 Å². The molecular formula is C14H13Br2ClN2O3S. The minimum atomic E-state index is -0.991. The fourth-order valence-electron chi connectivity index (χ4n) is 1.71. The highest BCUT2D eigenvalue weighted by atomic mass is 79.9. The predicted octanol–water partition coefficient (Wildman–Crippen LogP) is 3.33. The SMILES string of the molecule is O=C(NC[C@H](O)CO)c1sc(-c2ccc(Cl)cc2)nc1C(Br)Br. The number of aliphatic hydroxyl groups excluding tert-OH is 2. The minimum absolute atomic E-state index is 0.0296. The Labute approximate surface area is 159 Å². The molecule has 0 aliphatic rings. The molecule has 1 amide bonds. The van der Waals surface area contributed by atoms with Crippen molar-refractivity contribution in [1.82, 2.24) is 10.3 Å². The monoisotopic (exact) mass is 482 g/mol. The molecule has 2 rings (SSSR count). The van der Waals surface area contributed by atoms with Crippen molar-refractivity contribution in [3.8, 4) is 10.6 Å². The summed E-state index contributed by atoms with van der Waals surface area (Å²) >= 11 is 13.9. The van der Waals surface area contributed by atoms with E-state index in [1.54, 1.807) is 12.1 Å². The maximum absolute atomic E-state index is 12.3. The topological polar surface area (TPSA) is 82.5 Å². The number of carbonyl (C=O) groups is 1. The van der Waals surface area contributed by atoms with Crippen molar-refractivity contribution in [2.45, 2.75) is 9.84 Å². The molecular weight excluding hydrogens is 471 g/mol. The van der Waals surface area contributed by atoms with E-state index in [1.165, 1.54) is 11.3 Å². The Balaban J connectivity index is 2.28. The smallest absolute Gasteiger partial charge is 0.263 e. The molecule has 9 heteroatoms. The Morgan fingerprint density at radius 2 is 2.00 bits per heavy atom. The van der Waals surface area contributed by atoms with E-state index in [0.29, 0.717) is 20.6 Å². The molecule has 0 saturated carbocycles. The van der Waals surface area contributed by atoms with Crippen LogP contribution < -0.4 is 5.32 Å². The van der Waals surface area contributed by atoms with Gasteiger partial charge >= 0.3 is 0 Å². The van der Waals surface area contributed by atoms with E-state index in [4.69, 9.17) is 16.7 Å². The lowest BCUT2D eigenvalue weighted by molar-refractivity contribution is 0.0804. The highest BCUT2D eigenvalue weighted by Gasteiger charge is 2.22. The third-order valence-electron chi connectivity index (χ3n) is 2.87. The Morgan fingerprint density at radius 3 is 2.57 bits per heavy atom. The molecule has 0 fully saturated rings. The summed E-state index contributed by atoms with van der Waals surface area (Å²) in [7, 11) is 0. The van der Waals surface area contributed by atoms with Gasteiger partial charge in [0, 0.05) is 17.1 Å². The van der Waals surface area contributed by atoms with Crippen molar-refractivity contribution in [3.05, 3.63) is 39.9 Å². The second kappa shape index (κ2) is 8.55. The number of nitrogens with one attached hydrogen (secondary N) is 1. The first-order chi connectivity index (χ1) is 10.9. The zero-order chi connectivity index (χ0) is 17.0. The first-order valence-corrected chi connectivity index (χ1v) is 9.57. The van der Waals surface area contributed by atoms with Gasteiger partial charge in [0.25, 0.3) is 5.91 Å². The zero-order valence-corrected chi connectivity index (χ0v) is 16.4. The van der Waals surface area contributed by atoms with Crippen molar-refractivity contribution < 1.29 is 15.0 Å². The molecule has 0 spiro atoms. The summed E-state index contributed by atoms with van der Waals surface area (Å²) in [6.45, 7) is -0.441. The second-order valence-corrected chi connectivity index (χ2v) is 9.08. The lowest BCUT2D eigenvalue weighted by Crippen LogP contribution is -2.33. The maximum Gasteiger partial charge on any atom is 0.263 e. The quantitative estimate of drug-likeness (QED) is 0.550. The standard InChI is InChI=1S/C14H13Br2ClN2O3S/c15-12(16)10-11(13(22)18-5-9(21)6-20)23-14(19-10)7-1-3-8(17)4-2-7/h1-4,9,12,20-21H,5-6H2,(H,18,22)/t9-/m0/s1. The predicted molar refractivity (Wildman–Crippen MR) is 98.6 cm³/mol. The van der Waals surface area contributed by atoms with Crippen LogP contribution in [0.25, 0.3) is 10.6 Å². The Bertz CT molecular complexity index is 679. The molecule has 0 unspecified atom stereocenters. The number of thiazole rings is 1. The molecule has 1 aromatic heterocycles. The van der Waals surface area contributed by atoms with Gasteiger partial charge in [0.2, 0.25) is 0 Å². The molecule has 1 aromatic carbocycles. The number of aliphatic hydroxyl groups is 2. The van der Waals surface area contributed by atoms with Crippen LogP contribution >= 0.6 is 54.8 Å². The number of hydrogen-bond donors (Lipinski definition) is 3. The van der Waals surface area contributed by atoms with Crippen LogP contribution in [0.2, 0.25) is 5.02 Å². The van der Waals surface area contributed by atoms with Crippen LogP contribution in [0.4, 0.5) is 0 Å². The molecule has 5 nitrogen and oxygen atoms in total. The summed E-state index contributed by atoms with van der Waals surface area (Å²) in [5, 5.41) is 22.0. The molecule has 0 radical (unpaired) electrons. The third-order valence-corrected chi connectivity index (χ3v) is 5.10. The van der Waals surface area contributed by atoms with Crippen molar-refractivity contribution in [2.24, 2.45) is 0 Å². The van der Waals surface area contributed by atoms with Gasteiger partial charge in [-0.15, -0.1) is 11.3 Å². The fraction of sp³-hybridized carbons (Fsp3) is 0.286. The molecule has 1 heterocycles. The van der Waals surface area contributed by atoms with Gasteiger partial charge in [-0.05, 0) is 12.1 Å². The second-order valence-electron chi connectivity index (χ2n) is 4.59. The summed E-state index contributed by atoms with van der Waals surface area (Å²) in [6, 6.07) is 7.18. The molecule has 124 valence electrons. The van der Waals surface area contributed by atoms with Gasteiger partial charge in [-0.3, -0.25) is 4.79 Å². The summed E-state index contributed by atoms with van der Waals surface area (Å²) in [5.74, 6) is -0.353. The first kappa shape index (κ1) is 18.8. The van der Waals surface area contributed by atoms with Gasteiger partial charge in [-0.25, -0.2) is 4.98 Å². The van der Waals surface area contributed by atoms with Crippen molar-refractivity contribution >= 4 is 60.7 Å². The van der Waals surface area contributed by atoms with E-state index in [1.807, 2.05) is 12.1 Å². The summed E-state index contributed by atoms with van der Waals surface area (Å²) < 4.78 is -0.282. The summed E-state index contributed by atoms with van der Waals surface area (Å²) in [6.07, 6.45) is -0.991. The van der Waals surface area contributed by atoms with E-state index in [-0.39, 0.29) is 16.2 Å². The molecule has 1 atom stereocenters. The zero-order valence-electron chi connectivity index (χ0n) is 11.7. The van der Waals surface area contributed by atoms with Gasteiger partial charge in [0.15, 0.2) is 0 Å². The number of carbonyl (C=O) groups excluding carboxylic acids is 1. The third kappa shape index (κ3) is 4.98. The van der Waals surface area contributed by atoms with Gasteiger partial charge in [0.05, 0.1) is 18.4 Å². The van der Waals surface area contributed by atoms with E-state index in [2.05, 4.69) is 42.2 Å². The highest BCUT2D eigenvalue weighted by molar-refractivity contribution is 9.24. The van der Waals surface area contributed by atoms with Crippen LogP contribution in [0.3, 0.4) is 0 Å². The van der Waals surface area contributed by atoms with Crippen molar-refractivity contribution in [1.29, 1.82) is 0 Å². The van der Waals surface area contributed by atoms with Crippen molar-refractivity contribution in [2.75, 3.05) is 13.2 Å². The van der Waals surface area contributed by atoms with E-state index >= 15 is 0 Å². The van der Waals surface area contributed by atoms with Crippen molar-refractivity contribution in [3.63, 3.8) is 0 Å². The van der Waals surface area contributed by atoms with Crippen LogP contribution in [0.15, 0.2) is 24.3 Å². The number of halogens is 3. The van der Waals surface area contributed by atoms with Gasteiger partial charge < -0.3 is 15.5 Å². The number of benzene rings is 1. The van der Waals surface area contributed by atoms with E-state index in [0.717, 1.165) is 5.56 Å². The number of amides is 1. The molecule has 0 saturated heterocycles. The Morgan fingerprint density at radius 1 is 1.35 bits per heavy atom. The largest absolute Gasteiger partial charge is 0.394 e. The Kier molecular flexibility index (Phi) is 7.00. The van der Waals surface area contributed by atoms with Gasteiger partial charge in [0.1, 0.15) is 13.6 Å². The molecule has 0 aliphatic carbocycles. The van der Waals surface area contributed by atoms with Gasteiger partial charge in [-0.1, -0.05) is 55.6 Å². The minimum Gasteiger partial charge on any atom is -0.394 e. The molecule has 0 bridgehead atoms. The highest BCUT2D eigenvalue weighted by Crippen LogP contribution is 2.37. The lowest BCUT2D eigenvalue weighted by atomic mass is 10.2. The number of hydrogen-bond acceptors (Lipinski definition) is 5. The van der Waals surface area contributed by atoms with Crippen LogP contribution in [0, 0.1) is 0 Å².